The summed E-state index contributed by atoms with van der Waals surface area (Å²) < 4.78 is 53.0. The fraction of sp³-hybridized carbons (Fsp3) is 0.444. The molecule has 0 radical (unpaired) electrons. The average Bonchev–Trinajstić information content (AvgIpc) is 2.13. The second-order valence-corrected chi connectivity index (χ2v) is 3.44. The molecule has 1 heterocycles. The zero-order valence-corrected chi connectivity index (χ0v) is 8.78. The van der Waals surface area contributed by atoms with Crippen molar-refractivity contribution >= 4 is 11.6 Å². The lowest BCUT2D eigenvalue weighted by Crippen LogP contribution is -2.10. The van der Waals surface area contributed by atoms with Crippen LogP contribution in [0.25, 0.3) is 0 Å². The molecule has 0 spiro atoms. The fourth-order valence-corrected chi connectivity index (χ4v) is 1.09. The van der Waals surface area contributed by atoms with Gasteiger partial charge in [0, 0.05) is 12.6 Å². The summed E-state index contributed by atoms with van der Waals surface area (Å²) in [5.74, 6) is -1.13. The summed E-state index contributed by atoms with van der Waals surface area (Å²) in [6.07, 6.45) is -4.28. The Morgan fingerprint density at radius 3 is 2.62 bits per heavy atom. The Morgan fingerprint density at radius 2 is 2.06 bits per heavy atom. The molecule has 0 saturated heterocycles. The standard InChI is InChI=1S/C9H8ClF4NO/c10-6-4-7(11)8(15-5-6)16-3-1-2-9(12,13)14/h4-5H,1-3H2. The van der Waals surface area contributed by atoms with Crippen LogP contribution in [-0.4, -0.2) is 17.8 Å². The molecule has 1 rings (SSSR count). The molecule has 0 fully saturated rings. The molecule has 0 atom stereocenters. The van der Waals surface area contributed by atoms with Gasteiger partial charge in [-0.15, -0.1) is 0 Å². The van der Waals surface area contributed by atoms with Gasteiger partial charge in [-0.25, -0.2) is 9.37 Å². The maximum atomic E-state index is 13.0. The summed E-state index contributed by atoms with van der Waals surface area (Å²) in [6, 6.07) is 0.980. The lowest BCUT2D eigenvalue weighted by atomic mass is 10.3. The number of rotatable bonds is 4. The quantitative estimate of drug-likeness (QED) is 0.607. The number of pyridine rings is 1. The van der Waals surface area contributed by atoms with Gasteiger partial charge in [-0.3, -0.25) is 0 Å². The van der Waals surface area contributed by atoms with Crippen molar-refractivity contribution in [1.82, 2.24) is 4.98 Å². The molecular weight excluding hydrogens is 250 g/mol. The van der Waals surface area contributed by atoms with E-state index in [-0.39, 0.29) is 23.9 Å². The van der Waals surface area contributed by atoms with Gasteiger partial charge >= 0.3 is 6.18 Å². The Kier molecular flexibility index (Phi) is 4.35. The first-order chi connectivity index (χ1) is 7.38. The van der Waals surface area contributed by atoms with E-state index < -0.39 is 18.4 Å². The molecule has 1 aromatic heterocycles. The predicted octanol–water partition coefficient (Wildman–Crippen LogP) is 3.60. The molecule has 0 N–H and O–H groups in total. The Morgan fingerprint density at radius 1 is 1.38 bits per heavy atom. The van der Waals surface area contributed by atoms with Crippen molar-refractivity contribution < 1.29 is 22.3 Å². The van der Waals surface area contributed by atoms with E-state index in [2.05, 4.69) is 4.98 Å². The van der Waals surface area contributed by atoms with E-state index in [1.165, 1.54) is 0 Å². The normalized spacial score (nSPS) is 11.6. The highest BCUT2D eigenvalue weighted by Crippen LogP contribution is 2.22. The first-order valence-corrected chi connectivity index (χ1v) is 4.77. The molecule has 0 aliphatic heterocycles. The van der Waals surface area contributed by atoms with Crippen molar-refractivity contribution in [2.45, 2.75) is 19.0 Å². The second-order valence-electron chi connectivity index (χ2n) is 3.01. The van der Waals surface area contributed by atoms with Gasteiger partial charge in [-0.05, 0) is 12.5 Å². The zero-order valence-electron chi connectivity index (χ0n) is 8.02. The van der Waals surface area contributed by atoms with Crippen LogP contribution in [0.2, 0.25) is 5.02 Å². The highest BCUT2D eigenvalue weighted by atomic mass is 35.5. The van der Waals surface area contributed by atoms with Gasteiger partial charge in [-0.1, -0.05) is 11.6 Å². The highest BCUT2D eigenvalue weighted by molar-refractivity contribution is 6.30. The van der Waals surface area contributed by atoms with Gasteiger partial charge in [-0.2, -0.15) is 13.2 Å². The molecule has 0 aliphatic carbocycles. The summed E-state index contributed by atoms with van der Waals surface area (Å²) >= 11 is 5.43. The van der Waals surface area contributed by atoms with Gasteiger partial charge in [0.2, 0.25) is 5.88 Å². The van der Waals surface area contributed by atoms with Crippen molar-refractivity contribution in [1.29, 1.82) is 0 Å². The maximum Gasteiger partial charge on any atom is 0.389 e. The molecule has 90 valence electrons. The van der Waals surface area contributed by atoms with E-state index in [9.17, 15) is 17.6 Å². The Hall–Kier alpha value is -1.04. The summed E-state index contributed by atoms with van der Waals surface area (Å²) in [5.41, 5.74) is 0. The number of ether oxygens (including phenoxy) is 1. The van der Waals surface area contributed by atoms with Crippen molar-refractivity contribution in [3.63, 3.8) is 0 Å². The second kappa shape index (κ2) is 5.34. The van der Waals surface area contributed by atoms with Gasteiger partial charge in [0.15, 0.2) is 5.82 Å². The van der Waals surface area contributed by atoms with E-state index in [0.29, 0.717) is 0 Å². The Balaban J connectivity index is 2.38. The summed E-state index contributed by atoms with van der Waals surface area (Å²) in [4.78, 5) is 3.50. The van der Waals surface area contributed by atoms with Crippen LogP contribution in [0.4, 0.5) is 17.6 Å². The van der Waals surface area contributed by atoms with Crippen LogP contribution in [-0.2, 0) is 0 Å². The van der Waals surface area contributed by atoms with Crippen molar-refractivity contribution in [3.8, 4) is 5.88 Å². The number of hydrogen-bond acceptors (Lipinski definition) is 2. The molecule has 2 nitrogen and oxygen atoms in total. The fourth-order valence-electron chi connectivity index (χ4n) is 0.950. The lowest BCUT2D eigenvalue weighted by molar-refractivity contribution is -0.136. The van der Waals surface area contributed by atoms with Gasteiger partial charge < -0.3 is 4.74 Å². The van der Waals surface area contributed by atoms with Crippen LogP contribution in [0.5, 0.6) is 5.88 Å². The van der Waals surface area contributed by atoms with Crippen LogP contribution in [0, 0.1) is 5.82 Å². The number of nitrogens with zero attached hydrogens (tertiary/aromatic N) is 1. The molecule has 16 heavy (non-hydrogen) atoms. The van der Waals surface area contributed by atoms with E-state index >= 15 is 0 Å². The number of aromatic nitrogens is 1. The Labute approximate surface area is 94.2 Å². The van der Waals surface area contributed by atoms with E-state index in [1.807, 2.05) is 0 Å². The van der Waals surface area contributed by atoms with Gasteiger partial charge in [0.25, 0.3) is 0 Å². The Bertz CT molecular complexity index is 356. The van der Waals surface area contributed by atoms with Gasteiger partial charge in [0.05, 0.1) is 11.6 Å². The maximum absolute atomic E-state index is 13.0. The van der Waals surface area contributed by atoms with Crippen LogP contribution >= 0.6 is 11.6 Å². The predicted molar refractivity (Wildman–Crippen MR) is 50.0 cm³/mol. The van der Waals surface area contributed by atoms with Crippen molar-refractivity contribution in [2.75, 3.05) is 6.61 Å². The topological polar surface area (TPSA) is 22.1 Å². The first kappa shape index (κ1) is 13.0. The van der Waals surface area contributed by atoms with E-state index in [1.54, 1.807) is 0 Å². The monoisotopic (exact) mass is 257 g/mol. The van der Waals surface area contributed by atoms with Crippen LogP contribution in [0.15, 0.2) is 12.3 Å². The molecule has 0 aromatic carbocycles. The van der Waals surface area contributed by atoms with E-state index in [0.717, 1.165) is 12.3 Å². The third-order valence-corrected chi connectivity index (χ3v) is 1.82. The summed E-state index contributed by atoms with van der Waals surface area (Å²) in [7, 11) is 0. The molecule has 0 bridgehead atoms. The lowest BCUT2D eigenvalue weighted by Gasteiger charge is -2.07. The summed E-state index contributed by atoms with van der Waals surface area (Å²) in [6.45, 7) is -0.245. The molecule has 0 unspecified atom stereocenters. The molecule has 0 saturated carbocycles. The smallest absolute Gasteiger partial charge is 0.389 e. The molecule has 0 aliphatic rings. The van der Waals surface area contributed by atoms with E-state index in [4.69, 9.17) is 16.3 Å². The summed E-state index contributed by atoms with van der Waals surface area (Å²) in [5, 5.41) is 0.0974. The molecule has 0 amide bonds. The molecule has 7 heteroatoms. The molecular formula is C9H8ClF4NO. The highest BCUT2D eigenvalue weighted by Gasteiger charge is 2.26. The minimum atomic E-state index is -4.23. The third-order valence-electron chi connectivity index (χ3n) is 1.62. The number of halogens is 5. The van der Waals surface area contributed by atoms with Gasteiger partial charge in [0.1, 0.15) is 0 Å². The minimum absolute atomic E-state index is 0.0974. The molecule has 1 aromatic rings. The third kappa shape index (κ3) is 4.65. The van der Waals surface area contributed by atoms with Crippen molar-refractivity contribution in [3.05, 3.63) is 23.1 Å². The average molecular weight is 258 g/mol. The van der Waals surface area contributed by atoms with Crippen molar-refractivity contribution in [2.24, 2.45) is 0 Å². The largest absolute Gasteiger partial charge is 0.476 e. The number of hydrogen-bond donors (Lipinski definition) is 0. The first-order valence-electron chi connectivity index (χ1n) is 4.39. The SMILES string of the molecule is Fc1cc(Cl)cnc1OCCCC(F)(F)F. The van der Waals surface area contributed by atoms with Crippen LogP contribution in [0.3, 0.4) is 0 Å². The van der Waals surface area contributed by atoms with Crippen LogP contribution in [0.1, 0.15) is 12.8 Å². The zero-order chi connectivity index (χ0) is 12.2. The van der Waals surface area contributed by atoms with Crippen LogP contribution < -0.4 is 4.74 Å². The minimum Gasteiger partial charge on any atom is -0.476 e. The number of alkyl halides is 3.